The van der Waals surface area contributed by atoms with Gasteiger partial charge in [-0.1, -0.05) is 0 Å². The van der Waals surface area contributed by atoms with Gasteiger partial charge in [-0.3, -0.25) is 10.1 Å². The zero-order valence-electron chi connectivity index (χ0n) is 9.97. The first kappa shape index (κ1) is 11.4. The first-order valence-corrected chi connectivity index (χ1v) is 5.36. The molecule has 0 saturated carbocycles. The van der Waals surface area contributed by atoms with Gasteiger partial charge in [0.2, 0.25) is 5.95 Å². The van der Waals surface area contributed by atoms with Gasteiger partial charge in [0.1, 0.15) is 0 Å². The third kappa shape index (κ3) is 2.06. The molecule has 1 aromatic carbocycles. The van der Waals surface area contributed by atoms with Crippen molar-refractivity contribution < 1.29 is 4.92 Å². The molecule has 0 fully saturated rings. The van der Waals surface area contributed by atoms with Crippen molar-refractivity contribution in [3.63, 3.8) is 0 Å². The number of nitrogens with zero attached hydrogens (tertiary/aromatic N) is 3. The molecule has 90 valence electrons. The van der Waals surface area contributed by atoms with E-state index in [0.717, 1.165) is 11.5 Å². The Hall–Kier alpha value is -2.11. The molecule has 0 bridgehead atoms. The van der Waals surface area contributed by atoms with Crippen LogP contribution in [0.15, 0.2) is 18.2 Å². The van der Waals surface area contributed by atoms with E-state index in [9.17, 15) is 10.1 Å². The molecule has 0 aliphatic heterocycles. The highest BCUT2D eigenvalue weighted by atomic mass is 16.6. The fourth-order valence-electron chi connectivity index (χ4n) is 1.69. The van der Waals surface area contributed by atoms with Crippen LogP contribution in [0.5, 0.6) is 0 Å². The summed E-state index contributed by atoms with van der Waals surface area (Å²) >= 11 is 0. The van der Waals surface area contributed by atoms with Crippen molar-refractivity contribution in [2.45, 2.75) is 19.9 Å². The van der Waals surface area contributed by atoms with Crippen LogP contribution in [0.1, 0.15) is 13.8 Å². The number of benzene rings is 1. The summed E-state index contributed by atoms with van der Waals surface area (Å²) in [5.74, 6) is 0.718. The minimum absolute atomic E-state index is 0.0618. The molecule has 2 rings (SSSR count). The number of fused-ring (bicyclic) bond motifs is 1. The van der Waals surface area contributed by atoms with Crippen LogP contribution >= 0.6 is 0 Å². The Morgan fingerprint density at radius 1 is 1.47 bits per heavy atom. The van der Waals surface area contributed by atoms with E-state index in [-0.39, 0.29) is 11.7 Å². The average Bonchev–Trinajstić information content (AvgIpc) is 2.54. The highest BCUT2D eigenvalue weighted by Gasteiger charge is 2.12. The van der Waals surface area contributed by atoms with E-state index in [1.165, 1.54) is 12.1 Å². The summed E-state index contributed by atoms with van der Waals surface area (Å²) in [4.78, 5) is 14.6. The van der Waals surface area contributed by atoms with Crippen LogP contribution in [-0.2, 0) is 7.05 Å². The van der Waals surface area contributed by atoms with Gasteiger partial charge in [0.15, 0.2) is 0 Å². The van der Waals surface area contributed by atoms with E-state index in [2.05, 4.69) is 10.3 Å². The lowest BCUT2D eigenvalue weighted by molar-refractivity contribution is -0.384. The van der Waals surface area contributed by atoms with Crippen molar-refractivity contribution in [3.05, 3.63) is 28.3 Å². The minimum atomic E-state index is -0.413. The number of imidazole rings is 1. The second-order valence-corrected chi connectivity index (χ2v) is 4.22. The smallest absolute Gasteiger partial charge is 0.271 e. The molecule has 0 aliphatic rings. The quantitative estimate of drug-likeness (QED) is 0.653. The molecule has 0 spiro atoms. The summed E-state index contributed by atoms with van der Waals surface area (Å²) in [6, 6.07) is 4.95. The van der Waals surface area contributed by atoms with E-state index < -0.39 is 4.92 Å². The Morgan fingerprint density at radius 3 is 2.76 bits per heavy atom. The maximum absolute atomic E-state index is 10.7. The first-order valence-electron chi connectivity index (χ1n) is 5.36. The Kier molecular flexibility index (Phi) is 2.71. The largest absolute Gasteiger partial charge is 0.353 e. The summed E-state index contributed by atoms with van der Waals surface area (Å²) in [5, 5.41) is 13.9. The summed E-state index contributed by atoms with van der Waals surface area (Å²) < 4.78 is 1.89. The van der Waals surface area contributed by atoms with E-state index in [1.807, 2.05) is 25.5 Å². The van der Waals surface area contributed by atoms with Crippen LogP contribution in [0.4, 0.5) is 11.6 Å². The maximum atomic E-state index is 10.7. The highest BCUT2D eigenvalue weighted by Crippen LogP contribution is 2.23. The Labute approximate surface area is 98.4 Å². The van der Waals surface area contributed by atoms with Gasteiger partial charge in [0, 0.05) is 25.2 Å². The van der Waals surface area contributed by atoms with Gasteiger partial charge in [-0.25, -0.2) is 4.98 Å². The Bertz CT molecular complexity index is 574. The third-order valence-electron chi connectivity index (χ3n) is 2.49. The Morgan fingerprint density at radius 2 is 2.18 bits per heavy atom. The van der Waals surface area contributed by atoms with Crippen molar-refractivity contribution in [1.29, 1.82) is 0 Å². The highest BCUT2D eigenvalue weighted by molar-refractivity contribution is 5.81. The number of nitrogens with one attached hydrogen (secondary N) is 1. The molecule has 17 heavy (non-hydrogen) atoms. The second kappa shape index (κ2) is 4.04. The van der Waals surface area contributed by atoms with Crippen LogP contribution in [0.2, 0.25) is 0 Å². The summed E-state index contributed by atoms with van der Waals surface area (Å²) in [7, 11) is 1.88. The number of hydrogen-bond acceptors (Lipinski definition) is 4. The van der Waals surface area contributed by atoms with E-state index in [1.54, 1.807) is 6.07 Å². The number of nitro benzene ring substituents is 1. The topological polar surface area (TPSA) is 73.0 Å². The molecule has 0 atom stereocenters. The lowest BCUT2D eigenvalue weighted by Gasteiger charge is -2.08. The molecule has 0 aliphatic carbocycles. The number of anilines is 1. The molecule has 1 N–H and O–H groups in total. The normalized spacial score (nSPS) is 11.1. The zero-order chi connectivity index (χ0) is 12.6. The average molecular weight is 234 g/mol. The Balaban J connectivity index is 2.53. The standard InChI is InChI=1S/C11H14N4O2/c1-7(2)12-11-13-9-6-8(15(16)17)4-5-10(9)14(11)3/h4-7H,1-3H3,(H,12,13). The van der Waals surface area contributed by atoms with E-state index in [0.29, 0.717) is 5.52 Å². The van der Waals surface area contributed by atoms with Crippen molar-refractivity contribution in [2.24, 2.45) is 7.05 Å². The second-order valence-electron chi connectivity index (χ2n) is 4.22. The number of aromatic nitrogens is 2. The molecule has 0 saturated heterocycles. The van der Waals surface area contributed by atoms with Gasteiger partial charge in [0.25, 0.3) is 5.69 Å². The lowest BCUT2D eigenvalue weighted by atomic mass is 10.3. The fraction of sp³-hybridized carbons (Fsp3) is 0.364. The van der Waals surface area contributed by atoms with E-state index >= 15 is 0 Å². The van der Waals surface area contributed by atoms with Gasteiger partial charge in [-0.2, -0.15) is 0 Å². The molecule has 1 heterocycles. The predicted octanol–water partition coefficient (Wildman–Crippen LogP) is 2.30. The molecule has 0 amide bonds. The maximum Gasteiger partial charge on any atom is 0.271 e. The van der Waals surface area contributed by atoms with Crippen molar-refractivity contribution in [1.82, 2.24) is 9.55 Å². The fourth-order valence-corrected chi connectivity index (χ4v) is 1.69. The van der Waals surface area contributed by atoms with Gasteiger partial charge in [-0.05, 0) is 19.9 Å². The van der Waals surface area contributed by atoms with E-state index in [4.69, 9.17) is 0 Å². The number of nitro groups is 1. The molecular weight excluding hydrogens is 220 g/mol. The first-order chi connectivity index (χ1) is 7.99. The van der Waals surface area contributed by atoms with Crippen molar-refractivity contribution in [2.75, 3.05) is 5.32 Å². The van der Waals surface area contributed by atoms with Crippen LogP contribution in [0.25, 0.3) is 11.0 Å². The SMILES string of the molecule is CC(C)Nc1nc2cc([N+](=O)[O-])ccc2n1C. The molecule has 6 nitrogen and oxygen atoms in total. The monoisotopic (exact) mass is 234 g/mol. The number of rotatable bonds is 3. The molecule has 1 aromatic heterocycles. The molecule has 0 unspecified atom stereocenters. The van der Waals surface area contributed by atoms with Crippen LogP contribution < -0.4 is 5.32 Å². The number of non-ortho nitro benzene ring substituents is 1. The van der Waals surface area contributed by atoms with Gasteiger partial charge < -0.3 is 9.88 Å². The number of aryl methyl sites for hydroxylation is 1. The minimum Gasteiger partial charge on any atom is -0.353 e. The molecule has 2 aromatic rings. The number of hydrogen-bond donors (Lipinski definition) is 1. The van der Waals surface area contributed by atoms with Crippen molar-refractivity contribution in [3.8, 4) is 0 Å². The summed E-state index contributed by atoms with van der Waals surface area (Å²) in [6.45, 7) is 4.03. The third-order valence-corrected chi connectivity index (χ3v) is 2.49. The van der Waals surface area contributed by atoms with Crippen LogP contribution in [0, 0.1) is 10.1 Å². The molecule has 0 radical (unpaired) electrons. The predicted molar refractivity (Wildman–Crippen MR) is 66.1 cm³/mol. The molecular formula is C11H14N4O2. The van der Waals surface area contributed by atoms with Gasteiger partial charge >= 0.3 is 0 Å². The summed E-state index contributed by atoms with van der Waals surface area (Å²) in [6.07, 6.45) is 0. The van der Waals surface area contributed by atoms with Crippen LogP contribution in [0.3, 0.4) is 0 Å². The van der Waals surface area contributed by atoms with Crippen LogP contribution in [-0.4, -0.2) is 20.5 Å². The summed E-state index contributed by atoms with van der Waals surface area (Å²) in [5.41, 5.74) is 1.57. The van der Waals surface area contributed by atoms with Gasteiger partial charge in [0.05, 0.1) is 16.0 Å². The van der Waals surface area contributed by atoms with Gasteiger partial charge in [-0.15, -0.1) is 0 Å². The zero-order valence-corrected chi connectivity index (χ0v) is 9.97. The van der Waals surface area contributed by atoms with Crippen molar-refractivity contribution >= 4 is 22.7 Å². The lowest BCUT2D eigenvalue weighted by Crippen LogP contribution is -2.13. The molecule has 6 heteroatoms.